The molecule has 0 aliphatic heterocycles. The summed E-state index contributed by atoms with van der Waals surface area (Å²) in [6.07, 6.45) is -4.49. The largest absolute Gasteiger partial charge is 0.497 e. The van der Waals surface area contributed by atoms with Crippen molar-refractivity contribution in [2.24, 2.45) is 0 Å². The van der Waals surface area contributed by atoms with Crippen molar-refractivity contribution in [3.63, 3.8) is 0 Å². The van der Waals surface area contributed by atoms with Crippen LogP contribution in [0.2, 0.25) is 0 Å². The zero-order chi connectivity index (χ0) is 18.7. The van der Waals surface area contributed by atoms with Crippen molar-refractivity contribution < 1.29 is 27.2 Å². The minimum Gasteiger partial charge on any atom is -0.497 e. The molecule has 0 bridgehead atoms. The lowest BCUT2D eigenvalue weighted by atomic mass is 10.1. The molecule has 1 aromatic heterocycles. The Morgan fingerprint density at radius 1 is 1.12 bits per heavy atom. The van der Waals surface area contributed by atoms with Crippen LogP contribution in [0.1, 0.15) is 16.1 Å². The topological polar surface area (TPSA) is 64.4 Å². The fourth-order valence-corrected chi connectivity index (χ4v) is 2.24. The number of aromatic nitrogens is 1. The number of anilines is 1. The fraction of sp³-hybridized carbons (Fsp3) is 0.111. The Morgan fingerprint density at radius 3 is 2.50 bits per heavy atom. The number of nitrogens with one attached hydrogen (secondary N) is 1. The van der Waals surface area contributed by atoms with Crippen LogP contribution in [0.15, 0.2) is 59.1 Å². The van der Waals surface area contributed by atoms with Gasteiger partial charge in [0.15, 0.2) is 11.5 Å². The van der Waals surface area contributed by atoms with E-state index in [4.69, 9.17) is 9.26 Å². The van der Waals surface area contributed by atoms with Crippen LogP contribution in [0.25, 0.3) is 11.3 Å². The molecule has 0 aliphatic rings. The first-order valence-corrected chi connectivity index (χ1v) is 7.46. The van der Waals surface area contributed by atoms with E-state index in [0.29, 0.717) is 17.1 Å². The highest BCUT2D eigenvalue weighted by Gasteiger charge is 2.30. The second kappa shape index (κ2) is 6.91. The lowest BCUT2D eigenvalue weighted by molar-refractivity contribution is -0.137. The number of carbonyl (C=O) groups is 1. The third-order valence-corrected chi connectivity index (χ3v) is 3.57. The lowest BCUT2D eigenvalue weighted by Gasteiger charge is -2.08. The van der Waals surface area contributed by atoms with E-state index in [1.807, 2.05) is 0 Å². The van der Waals surface area contributed by atoms with Crippen molar-refractivity contribution in [1.29, 1.82) is 0 Å². The average Bonchev–Trinajstić information content (AvgIpc) is 3.11. The molecule has 0 aliphatic carbocycles. The van der Waals surface area contributed by atoms with Gasteiger partial charge < -0.3 is 14.6 Å². The molecule has 8 heteroatoms. The van der Waals surface area contributed by atoms with Gasteiger partial charge in [0.2, 0.25) is 0 Å². The number of methoxy groups -OCH3 is 1. The van der Waals surface area contributed by atoms with Crippen LogP contribution in [0.4, 0.5) is 18.9 Å². The number of alkyl halides is 3. The van der Waals surface area contributed by atoms with E-state index in [9.17, 15) is 18.0 Å². The van der Waals surface area contributed by atoms with Crippen LogP contribution < -0.4 is 10.1 Å². The van der Waals surface area contributed by atoms with Gasteiger partial charge in [0.1, 0.15) is 5.75 Å². The average molecular weight is 362 g/mol. The molecular weight excluding hydrogens is 349 g/mol. The molecule has 1 N–H and O–H groups in total. The van der Waals surface area contributed by atoms with Gasteiger partial charge in [0.05, 0.1) is 12.7 Å². The SMILES string of the molecule is COc1ccc(-c2cc(C(=O)Nc3cccc(C(F)(F)F)c3)no2)cc1. The first-order valence-electron chi connectivity index (χ1n) is 7.46. The van der Waals surface area contributed by atoms with Crippen LogP contribution >= 0.6 is 0 Å². The summed E-state index contributed by atoms with van der Waals surface area (Å²) in [5.41, 5.74) is -0.210. The van der Waals surface area contributed by atoms with Crippen molar-refractivity contribution in [2.45, 2.75) is 6.18 Å². The van der Waals surface area contributed by atoms with Crippen molar-refractivity contribution >= 4 is 11.6 Å². The molecule has 0 atom stereocenters. The zero-order valence-electron chi connectivity index (χ0n) is 13.5. The van der Waals surface area contributed by atoms with E-state index >= 15 is 0 Å². The zero-order valence-corrected chi connectivity index (χ0v) is 13.5. The van der Waals surface area contributed by atoms with E-state index in [2.05, 4.69) is 10.5 Å². The van der Waals surface area contributed by atoms with Crippen molar-refractivity contribution in [3.05, 3.63) is 65.9 Å². The minimum absolute atomic E-state index is 0.0128. The number of ether oxygens (including phenoxy) is 1. The van der Waals surface area contributed by atoms with Crippen LogP contribution in [-0.4, -0.2) is 18.2 Å². The summed E-state index contributed by atoms with van der Waals surface area (Å²) in [4.78, 5) is 12.2. The maximum absolute atomic E-state index is 12.7. The Kier molecular flexibility index (Phi) is 4.66. The monoisotopic (exact) mass is 362 g/mol. The quantitative estimate of drug-likeness (QED) is 0.735. The third-order valence-electron chi connectivity index (χ3n) is 3.57. The van der Waals surface area contributed by atoms with Crippen molar-refractivity contribution in [3.8, 4) is 17.1 Å². The molecule has 3 rings (SSSR count). The van der Waals surface area contributed by atoms with Crippen LogP contribution in [-0.2, 0) is 6.18 Å². The van der Waals surface area contributed by atoms with Gasteiger partial charge in [0.25, 0.3) is 5.91 Å². The van der Waals surface area contributed by atoms with E-state index < -0.39 is 17.6 Å². The van der Waals surface area contributed by atoms with Gasteiger partial charge in [-0.1, -0.05) is 11.2 Å². The van der Waals surface area contributed by atoms with Gasteiger partial charge in [-0.15, -0.1) is 0 Å². The predicted octanol–water partition coefficient (Wildman–Crippen LogP) is 4.62. The van der Waals surface area contributed by atoms with E-state index in [1.54, 1.807) is 31.4 Å². The maximum atomic E-state index is 12.7. The summed E-state index contributed by atoms with van der Waals surface area (Å²) >= 11 is 0. The summed E-state index contributed by atoms with van der Waals surface area (Å²) in [6.45, 7) is 0. The minimum atomic E-state index is -4.49. The molecule has 3 aromatic rings. The second-order valence-electron chi connectivity index (χ2n) is 5.34. The van der Waals surface area contributed by atoms with Crippen LogP contribution in [0, 0.1) is 0 Å². The fourth-order valence-electron chi connectivity index (χ4n) is 2.24. The molecule has 0 fully saturated rings. The van der Waals surface area contributed by atoms with E-state index in [1.165, 1.54) is 18.2 Å². The Bertz CT molecular complexity index is 918. The molecule has 0 saturated heterocycles. The second-order valence-corrected chi connectivity index (χ2v) is 5.34. The molecule has 1 heterocycles. The Balaban J connectivity index is 1.76. The standard InChI is InChI=1S/C18H13F3N2O3/c1-25-14-7-5-11(6-8-14)16-10-15(23-26-16)17(24)22-13-4-2-3-12(9-13)18(19,20)21/h2-10H,1H3,(H,22,24). The lowest BCUT2D eigenvalue weighted by Crippen LogP contribution is -2.13. The number of nitrogens with zero attached hydrogens (tertiary/aromatic N) is 1. The predicted molar refractivity (Wildman–Crippen MR) is 87.9 cm³/mol. The smallest absolute Gasteiger partial charge is 0.416 e. The Morgan fingerprint density at radius 2 is 1.85 bits per heavy atom. The summed E-state index contributed by atoms with van der Waals surface area (Å²) in [7, 11) is 1.54. The van der Waals surface area contributed by atoms with Gasteiger partial charge in [-0.25, -0.2) is 0 Å². The number of carbonyl (C=O) groups excluding carboxylic acids is 1. The van der Waals surface area contributed by atoms with Crippen molar-refractivity contribution in [2.75, 3.05) is 12.4 Å². The highest BCUT2D eigenvalue weighted by atomic mass is 19.4. The Labute approximate surface area is 146 Å². The van der Waals surface area contributed by atoms with Gasteiger partial charge in [0, 0.05) is 17.3 Å². The summed E-state index contributed by atoms with van der Waals surface area (Å²) in [6, 6.07) is 12.7. The molecule has 1 amide bonds. The number of halogens is 3. The molecule has 0 spiro atoms. The third kappa shape index (κ3) is 3.85. The van der Waals surface area contributed by atoms with Gasteiger partial charge in [-0.05, 0) is 42.5 Å². The summed E-state index contributed by atoms with van der Waals surface area (Å²) in [5.74, 6) is 0.338. The molecular formula is C18H13F3N2O3. The van der Waals surface area contributed by atoms with Gasteiger partial charge in [-0.3, -0.25) is 4.79 Å². The molecule has 0 saturated carbocycles. The molecule has 0 unspecified atom stereocenters. The maximum Gasteiger partial charge on any atom is 0.416 e. The van der Waals surface area contributed by atoms with E-state index in [0.717, 1.165) is 12.1 Å². The van der Waals surface area contributed by atoms with Crippen molar-refractivity contribution in [1.82, 2.24) is 5.16 Å². The van der Waals surface area contributed by atoms with Gasteiger partial charge in [-0.2, -0.15) is 13.2 Å². The normalized spacial score (nSPS) is 11.2. The summed E-state index contributed by atoms with van der Waals surface area (Å²) < 4.78 is 48.4. The van der Waals surface area contributed by atoms with Crippen LogP contribution in [0.5, 0.6) is 5.75 Å². The molecule has 26 heavy (non-hydrogen) atoms. The first kappa shape index (κ1) is 17.5. The van der Waals surface area contributed by atoms with E-state index in [-0.39, 0.29) is 11.4 Å². The van der Waals surface area contributed by atoms with Crippen LogP contribution in [0.3, 0.4) is 0 Å². The number of hydrogen-bond donors (Lipinski definition) is 1. The molecule has 0 radical (unpaired) electrons. The number of amides is 1. The number of benzene rings is 2. The highest BCUT2D eigenvalue weighted by molar-refractivity contribution is 6.03. The number of rotatable bonds is 4. The van der Waals surface area contributed by atoms with Gasteiger partial charge >= 0.3 is 6.18 Å². The summed E-state index contributed by atoms with van der Waals surface area (Å²) in [5, 5.41) is 6.03. The molecule has 5 nitrogen and oxygen atoms in total. The Hall–Kier alpha value is -3.29. The molecule has 2 aromatic carbocycles. The number of hydrogen-bond acceptors (Lipinski definition) is 4. The first-order chi connectivity index (χ1) is 12.4. The molecule has 134 valence electrons. The highest BCUT2D eigenvalue weighted by Crippen LogP contribution is 2.31.